The Kier molecular flexibility index (Phi) is 3.67. The Labute approximate surface area is 119 Å². The molecule has 2 saturated heterocycles. The number of nitrogens with zero attached hydrogens (tertiary/aromatic N) is 2. The van der Waals surface area contributed by atoms with Gasteiger partial charge in [-0.15, -0.1) is 0 Å². The molecule has 2 atom stereocenters. The molecule has 2 unspecified atom stereocenters. The Bertz CT molecular complexity index is 489. The third-order valence-corrected chi connectivity index (χ3v) is 4.72. The van der Waals surface area contributed by atoms with Gasteiger partial charge in [-0.05, 0) is 37.4 Å². The van der Waals surface area contributed by atoms with Gasteiger partial charge in [0, 0.05) is 31.2 Å². The number of anilines is 1. The lowest BCUT2D eigenvalue weighted by molar-refractivity contribution is 0.176. The fourth-order valence-electron chi connectivity index (χ4n) is 3.61. The van der Waals surface area contributed by atoms with E-state index in [0.29, 0.717) is 23.7 Å². The number of benzene rings is 1. The standard InChI is InChI=1S/C16H22F2N2/c1-11(2)16-10-19-7-3-4-13(19)9-20(16)15-6-5-12(17)8-14(15)18/h5-6,8,11,13,16H,3-4,7,9-10H2,1-2H3. The van der Waals surface area contributed by atoms with Gasteiger partial charge < -0.3 is 4.90 Å². The van der Waals surface area contributed by atoms with E-state index in [4.69, 9.17) is 0 Å². The highest BCUT2D eigenvalue weighted by atomic mass is 19.1. The van der Waals surface area contributed by atoms with Gasteiger partial charge in [0.2, 0.25) is 0 Å². The molecule has 0 bridgehead atoms. The molecule has 0 saturated carbocycles. The first kappa shape index (κ1) is 13.8. The molecule has 2 heterocycles. The van der Waals surface area contributed by atoms with E-state index in [1.165, 1.54) is 18.9 Å². The Morgan fingerprint density at radius 1 is 1.20 bits per heavy atom. The normalized spacial score (nSPS) is 27.1. The summed E-state index contributed by atoms with van der Waals surface area (Å²) in [6.45, 7) is 7.35. The smallest absolute Gasteiger partial charge is 0.149 e. The van der Waals surface area contributed by atoms with Gasteiger partial charge in [0.1, 0.15) is 11.6 Å². The fourth-order valence-corrected chi connectivity index (χ4v) is 3.61. The summed E-state index contributed by atoms with van der Waals surface area (Å²) in [5.41, 5.74) is 0.552. The average Bonchev–Trinajstić information content (AvgIpc) is 2.84. The third kappa shape index (κ3) is 2.41. The molecule has 4 heteroatoms. The zero-order chi connectivity index (χ0) is 14.3. The number of hydrogen-bond donors (Lipinski definition) is 0. The molecular weight excluding hydrogens is 258 g/mol. The monoisotopic (exact) mass is 280 g/mol. The molecule has 0 aliphatic carbocycles. The van der Waals surface area contributed by atoms with E-state index in [2.05, 4.69) is 23.6 Å². The van der Waals surface area contributed by atoms with Crippen LogP contribution in [0.5, 0.6) is 0 Å². The van der Waals surface area contributed by atoms with Crippen molar-refractivity contribution in [3.8, 4) is 0 Å². The van der Waals surface area contributed by atoms with Crippen LogP contribution < -0.4 is 4.90 Å². The minimum absolute atomic E-state index is 0.296. The summed E-state index contributed by atoms with van der Waals surface area (Å²) in [6.07, 6.45) is 2.42. The Morgan fingerprint density at radius 2 is 2.00 bits per heavy atom. The fraction of sp³-hybridized carbons (Fsp3) is 0.625. The van der Waals surface area contributed by atoms with Crippen LogP contribution in [0, 0.1) is 17.6 Å². The Hall–Kier alpha value is -1.16. The molecule has 0 aromatic heterocycles. The van der Waals surface area contributed by atoms with Gasteiger partial charge in [0.25, 0.3) is 0 Å². The first-order chi connectivity index (χ1) is 9.56. The maximum Gasteiger partial charge on any atom is 0.149 e. The molecule has 1 aromatic carbocycles. The zero-order valence-corrected chi connectivity index (χ0v) is 12.1. The van der Waals surface area contributed by atoms with Crippen molar-refractivity contribution < 1.29 is 8.78 Å². The second-order valence-electron chi connectivity index (χ2n) is 6.35. The van der Waals surface area contributed by atoms with Gasteiger partial charge in [-0.25, -0.2) is 8.78 Å². The van der Waals surface area contributed by atoms with Crippen molar-refractivity contribution in [2.24, 2.45) is 5.92 Å². The van der Waals surface area contributed by atoms with Crippen molar-refractivity contribution >= 4 is 5.69 Å². The van der Waals surface area contributed by atoms with E-state index in [1.807, 2.05) is 0 Å². The third-order valence-electron chi connectivity index (χ3n) is 4.72. The largest absolute Gasteiger partial charge is 0.363 e. The van der Waals surface area contributed by atoms with Gasteiger partial charge in [0.15, 0.2) is 0 Å². The van der Waals surface area contributed by atoms with E-state index in [0.717, 1.165) is 25.7 Å². The van der Waals surface area contributed by atoms with Crippen molar-refractivity contribution in [1.82, 2.24) is 4.90 Å². The lowest BCUT2D eigenvalue weighted by Gasteiger charge is -2.46. The lowest BCUT2D eigenvalue weighted by Crippen LogP contribution is -2.58. The summed E-state index contributed by atoms with van der Waals surface area (Å²) >= 11 is 0. The molecule has 2 fully saturated rings. The van der Waals surface area contributed by atoms with Gasteiger partial charge in [-0.3, -0.25) is 4.90 Å². The molecular formula is C16H22F2N2. The summed E-state index contributed by atoms with van der Waals surface area (Å²) in [4.78, 5) is 4.69. The van der Waals surface area contributed by atoms with Crippen molar-refractivity contribution in [2.75, 3.05) is 24.5 Å². The Morgan fingerprint density at radius 3 is 2.70 bits per heavy atom. The number of halogens is 2. The molecule has 3 rings (SSSR count). The predicted molar refractivity (Wildman–Crippen MR) is 76.9 cm³/mol. The predicted octanol–water partition coefficient (Wildman–Crippen LogP) is 3.27. The second-order valence-corrected chi connectivity index (χ2v) is 6.35. The maximum absolute atomic E-state index is 14.1. The second kappa shape index (κ2) is 5.32. The molecule has 0 amide bonds. The number of fused-ring (bicyclic) bond motifs is 1. The highest BCUT2D eigenvalue weighted by molar-refractivity contribution is 5.50. The van der Waals surface area contributed by atoms with Crippen LogP contribution in [0.2, 0.25) is 0 Å². The van der Waals surface area contributed by atoms with Crippen LogP contribution in [-0.4, -0.2) is 36.6 Å². The average molecular weight is 280 g/mol. The van der Waals surface area contributed by atoms with Crippen LogP contribution in [0.4, 0.5) is 14.5 Å². The zero-order valence-electron chi connectivity index (χ0n) is 12.1. The van der Waals surface area contributed by atoms with Crippen molar-refractivity contribution in [1.29, 1.82) is 0 Å². The quantitative estimate of drug-likeness (QED) is 0.820. The van der Waals surface area contributed by atoms with Gasteiger partial charge in [0.05, 0.1) is 5.69 Å². The molecule has 110 valence electrons. The number of piperazine rings is 1. The molecule has 20 heavy (non-hydrogen) atoms. The summed E-state index contributed by atoms with van der Waals surface area (Å²) in [6, 6.07) is 4.76. The van der Waals surface area contributed by atoms with Gasteiger partial charge in [-0.2, -0.15) is 0 Å². The summed E-state index contributed by atoms with van der Waals surface area (Å²) in [5.74, 6) is -0.505. The molecule has 2 aliphatic rings. The molecule has 0 radical (unpaired) electrons. The van der Waals surface area contributed by atoms with Crippen molar-refractivity contribution in [3.05, 3.63) is 29.8 Å². The molecule has 2 nitrogen and oxygen atoms in total. The van der Waals surface area contributed by atoms with Crippen LogP contribution >= 0.6 is 0 Å². The number of hydrogen-bond acceptors (Lipinski definition) is 2. The van der Waals surface area contributed by atoms with Crippen LogP contribution in [0.3, 0.4) is 0 Å². The van der Waals surface area contributed by atoms with Crippen LogP contribution in [0.25, 0.3) is 0 Å². The Balaban J connectivity index is 1.91. The minimum atomic E-state index is -0.508. The van der Waals surface area contributed by atoms with Crippen LogP contribution in [0.15, 0.2) is 18.2 Å². The first-order valence-corrected chi connectivity index (χ1v) is 7.52. The maximum atomic E-state index is 14.1. The lowest BCUT2D eigenvalue weighted by atomic mass is 9.96. The highest BCUT2D eigenvalue weighted by Crippen LogP contribution is 2.32. The minimum Gasteiger partial charge on any atom is -0.363 e. The van der Waals surface area contributed by atoms with Crippen LogP contribution in [0.1, 0.15) is 26.7 Å². The van der Waals surface area contributed by atoms with E-state index in [1.54, 1.807) is 6.07 Å². The van der Waals surface area contributed by atoms with E-state index in [9.17, 15) is 8.78 Å². The van der Waals surface area contributed by atoms with E-state index in [-0.39, 0.29) is 0 Å². The van der Waals surface area contributed by atoms with Gasteiger partial charge in [-0.1, -0.05) is 13.8 Å². The summed E-state index contributed by atoms with van der Waals surface area (Å²) in [7, 11) is 0. The van der Waals surface area contributed by atoms with E-state index < -0.39 is 11.6 Å². The SMILES string of the molecule is CC(C)C1CN2CCCC2CN1c1ccc(F)cc1F. The highest BCUT2D eigenvalue weighted by Gasteiger charge is 2.38. The summed E-state index contributed by atoms with van der Waals surface area (Å²) < 4.78 is 27.2. The first-order valence-electron chi connectivity index (χ1n) is 7.52. The van der Waals surface area contributed by atoms with Crippen molar-refractivity contribution in [3.63, 3.8) is 0 Å². The van der Waals surface area contributed by atoms with Crippen LogP contribution in [-0.2, 0) is 0 Å². The van der Waals surface area contributed by atoms with Crippen molar-refractivity contribution in [2.45, 2.75) is 38.8 Å². The topological polar surface area (TPSA) is 6.48 Å². The van der Waals surface area contributed by atoms with Gasteiger partial charge >= 0.3 is 0 Å². The molecule has 2 aliphatic heterocycles. The molecule has 0 spiro atoms. The molecule has 1 aromatic rings. The molecule has 0 N–H and O–H groups in total. The van der Waals surface area contributed by atoms with E-state index >= 15 is 0 Å². The summed E-state index contributed by atoms with van der Waals surface area (Å²) in [5, 5.41) is 0. The number of rotatable bonds is 2.